The second-order valence-electron chi connectivity index (χ2n) is 6.47. The molecule has 3 rings (SSSR count). The first-order chi connectivity index (χ1) is 11.4. The quantitative estimate of drug-likeness (QED) is 0.877. The van der Waals surface area contributed by atoms with Crippen LogP contribution in [0.3, 0.4) is 0 Å². The summed E-state index contributed by atoms with van der Waals surface area (Å²) in [6.07, 6.45) is 1.26. The van der Waals surface area contributed by atoms with Crippen LogP contribution in [0.4, 0.5) is 5.69 Å². The van der Waals surface area contributed by atoms with Gasteiger partial charge in [0.05, 0.1) is 5.56 Å². The highest BCUT2D eigenvalue weighted by Crippen LogP contribution is 2.30. The molecule has 1 amide bonds. The second-order valence-corrected chi connectivity index (χ2v) is 6.47. The van der Waals surface area contributed by atoms with Crippen LogP contribution in [0.5, 0.6) is 0 Å². The molecule has 124 valence electrons. The van der Waals surface area contributed by atoms with Crippen molar-refractivity contribution < 1.29 is 14.3 Å². The second kappa shape index (κ2) is 6.11. The number of benzene rings is 2. The summed E-state index contributed by atoms with van der Waals surface area (Å²) in [6, 6.07) is 13.2. The molecule has 0 aromatic heterocycles. The zero-order valence-corrected chi connectivity index (χ0v) is 14.2. The highest BCUT2D eigenvalue weighted by molar-refractivity contribution is 6.02. The van der Waals surface area contributed by atoms with Crippen LogP contribution in [0, 0.1) is 6.92 Å². The Morgan fingerprint density at radius 2 is 2.04 bits per heavy atom. The van der Waals surface area contributed by atoms with Crippen LogP contribution in [-0.2, 0) is 22.4 Å². The number of fused-ring (bicyclic) bond motifs is 1. The van der Waals surface area contributed by atoms with Crippen molar-refractivity contribution in [2.24, 2.45) is 0 Å². The lowest BCUT2D eigenvalue weighted by molar-refractivity contribution is -0.134. The van der Waals surface area contributed by atoms with Crippen molar-refractivity contribution in [1.82, 2.24) is 0 Å². The smallest absolute Gasteiger partial charge is 0.339 e. The fourth-order valence-corrected chi connectivity index (χ4v) is 2.98. The van der Waals surface area contributed by atoms with Crippen molar-refractivity contribution >= 4 is 17.6 Å². The van der Waals surface area contributed by atoms with Crippen LogP contribution in [0.1, 0.15) is 40.9 Å². The molecule has 0 spiro atoms. The molecule has 0 saturated carbocycles. The molecule has 24 heavy (non-hydrogen) atoms. The molecule has 1 atom stereocenters. The SMILES string of the molecule is CCc1ccc2c(c1)CC(C)(C(=O)Nc1cccc(C)c1)OC2=O. The van der Waals surface area contributed by atoms with E-state index < -0.39 is 11.6 Å². The van der Waals surface area contributed by atoms with Gasteiger partial charge in [-0.3, -0.25) is 4.79 Å². The molecule has 4 heteroatoms. The number of hydrogen-bond donors (Lipinski definition) is 1. The number of cyclic esters (lactones) is 1. The molecule has 0 bridgehead atoms. The van der Waals surface area contributed by atoms with Crippen molar-refractivity contribution in [3.63, 3.8) is 0 Å². The highest BCUT2D eigenvalue weighted by atomic mass is 16.6. The van der Waals surface area contributed by atoms with Crippen molar-refractivity contribution in [2.75, 3.05) is 5.32 Å². The highest BCUT2D eigenvalue weighted by Gasteiger charge is 2.42. The van der Waals surface area contributed by atoms with Gasteiger partial charge in [0.1, 0.15) is 0 Å². The molecule has 0 saturated heterocycles. The van der Waals surface area contributed by atoms with E-state index in [1.54, 1.807) is 13.0 Å². The summed E-state index contributed by atoms with van der Waals surface area (Å²) < 4.78 is 5.49. The standard InChI is InChI=1S/C20H21NO3/c1-4-14-8-9-17-15(11-14)12-20(3,24-18(17)22)19(23)21-16-7-5-6-13(2)10-16/h5-11H,4,12H2,1-3H3,(H,21,23). The largest absolute Gasteiger partial charge is 0.445 e. The average Bonchev–Trinajstić information content (AvgIpc) is 2.54. The summed E-state index contributed by atoms with van der Waals surface area (Å²) in [7, 11) is 0. The van der Waals surface area contributed by atoms with Crippen LogP contribution in [0.2, 0.25) is 0 Å². The monoisotopic (exact) mass is 323 g/mol. The number of ether oxygens (including phenoxy) is 1. The Morgan fingerprint density at radius 1 is 1.25 bits per heavy atom. The Balaban J connectivity index is 1.87. The summed E-state index contributed by atoms with van der Waals surface area (Å²) in [5, 5.41) is 2.86. The first-order valence-electron chi connectivity index (χ1n) is 8.14. The van der Waals surface area contributed by atoms with Crippen molar-refractivity contribution in [3.05, 3.63) is 64.7 Å². The molecule has 0 radical (unpaired) electrons. The Morgan fingerprint density at radius 3 is 2.75 bits per heavy atom. The Labute approximate surface area is 141 Å². The Hall–Kier alpha value is -2.62. The van der Waals surface area contributed by atoms with E-state index in [0.29, 0.717) is 17.7 Å². The van der Waals surface area contributed by atoms with Gasteiger partial charge in [-0.15, -0.1) is 0 Å². The van der Waals surface area contributed by atoms with Gasteiger partial charge in [-0.1, -0.05) is 31.2 Å². The van der Waals surface area contributed by atoms with Gasteiger partial charge in [0.2, 0.25) is 0 Å². The molecule has 0 aliphatic carbocycles. The van der Waals surface area contributed by atoms with Gasteiger partial charge in [0.15, 0.2) is 5.60 Å². The van der Waals surface area contributed by atoms with Crippen molar-refractivity contribution in [1.29, 1.82) is 0 Å². The Bertz CT molecular complexity index is 812. The topological polar surface area (TPSA) is 55.4 Å². The number of rotatable bonds is 3. The molecular formula is C20H21NO3. The molecule has 1 aliphatic heterocycles. The third kappa shape index (κ3) is 3.04. The third-order valence-corrected chi connectivity index (χ3v) is 4.40. The van der Waals surface area contributed by atoms with Gasteiger partial charge in [0.25, 0.3) is 5.91 Å². The zero-order valence-electron chi connectivity index (χ0n) is 14.2. The van der Waals surface area contributed by atoms with E-state index in [2.05, 4.69) is 12.2 Å². The van der Waals surface area contributed by atoms with Gasteiger partial charge in [0, 0.05) is 12.1 Å². The van der Waals surface area contributed by atoms with Gasteiger partial charge in [-0.05, 0) is 55.2 Å². The summed E-state index contributed by atoms with van der Waals surface area (Å²) in [4.78, 5) is 25.0. The predicted octanol–water partition coefficient (Wildman–Crippen LogP) is 3.67. The van der Waals surface area contributed by atoms with Crippen LogP contribution < -0.4 is 5.32 Å². The Kier molecular flexibility index (Phi) is 4.14. The molecule has 1 N–H and O–H groups in total. The van der Waals surface area contributed by atoms with Gasteiger partial charge >= 0.3 is 5.97 Å². The van der Waals surface area contributed by atoms with E-state index in [0.717, 1.165) is 23.1 Å². The number of nitrogens with one attached hydrogen (secondary N) is 1. The first-order valence-corrected chi connectivity index (χ1v) is 8.14. The first kappa shape index (κ1) is 16.2. The van der Waals surface area contributed by atoms with Gasteiger partial charge in [-0.25, -0.2) is 4.79 Å². The molecule has 0 fully saturated rings. The van der Waals surface area contributed by atoms with Gasteiger partial charge in [-0.2, -0.15) is 0 Å². The molecular weight excluding hydrogens is 302 g/mol. The maximum Gasteiger partial charge on any atom is 0.339 e. The zero-order chi connectivity index (χ0) is 17.3. The lowest BCUT2D eigenvalue weighted by Crippen LogP contribution is -2.49. The van der Waals surface area contributed by atoms with Crippen molar-refractivity contribution in [3.8, 4) is 0 Å². The number of carbonyl (C=O) groups excluding carboxylic acids is 2. The van der Waals surface area contributed by atoms with Crippen LogP contribution in [0.15, 0.2) is 42.5 Å². The van der Waals surface area contributed by atoms with Crippen molar-refractivity contribution in [2.45, 2.75) is 39.2 Å². The minimum absolute atomic E-state index is 0.311. The summed E-state index contributed by atoms with van der Waals surface area (Å²) >= 11 is 0. The number of hydrogen-bond acceptors (Lipinski definition) is 3. The van der Waals surface area contributed by atoms with E-state index in [9.17, 15) is 9.59 Å². The number of carbonyl (C=O) groups is 2. The summed E-state index contributed by atoms with van der Waals surface area (Å²) in [5.74, 6) is -0.755. The fraction of sp³-hybridized carbons (Fsp3) is 0.300. The van der Waals surface area contributed by atoms with E-state index in [1.807, 2.05) is 43.3 Å². The molecule has 1 aliphatic rings. The summed E-state index contributed by atoms with van der Waals surface area (Å²) in [5.41, 5.74) is 3.10. The molecule has 1 unspecified atom stereocenters. The lowest BCUT2D eigenvalue weighted by Gasteiger charge is -2.33. The molecule has 1 heterocycles. The lowest BCUT2D eigenvalue weighted by atomic mass is 9.88. The van der Waals surface area contributed by atoms with Crippen LogP contribution in [0.25, 0.3) is 0 Å². The fourth-order valence-electron chi connectivity index (χ4n) is 2.98. The van der Waals surface area contributed by atoms with E-state index in [1.165, 1.54) is 0 Å². The third-order valence-electron chi connectivity index (χ3n) is 4.40. The number of amides is 1. The average molecular weight is 323 g/mol. The normalized spacial score (nSPS) is 19.4. The van der Waals surface area contributed by atoms with E-state index in [-0.39, 0.29) is 5.91 Å². The van der Waals surface area contributed by atoms with Crippen LogP contribution in [-0.4, -0.2) is 17.5 Å². The minimum atomic E-state index is -1.21. The number of esters is 1. The van der Waals surface area contributed by atoms with E-state index in [4.69, 9.17) is 4.74 Å². The van der Waals surface area contributed by atoms with E-state index >= 15 is 0 Å². The maximum atomic E-state index is 12.7. The predicted molar refractivity (Wildman–Crippen MR) is 93.2 cm³/mol. The molecule has 4 nitrogen and oxygen atoms in total. The van der Waals surface area contributed by atoms with Crippen LogP contribution >= 0.6 is 0 Å². The number of anilines is 1. The number of aryl methyl sites for hydroxylation is 2. The molecule has 2 aromatic rings. The summed E-state index contributed by atoms with van der Waals surface area (Å²) in [6.45, 7) is 5.69. The molecule has 2 aromatic carbocycles. The minimum Gasteiger partial charge on any atom is -0.445 e. The maximum absolute atomic E-state index is 12.7. The van der Waals surface area contributed by atoms with Gasteiger partial charge < -0.3 is 10.1 Å².